The first kappa shape index (κ1) is 21.4. The molecule has 7 heteroatoms. The molecule has 0 bridgehead atoms. The van der Waals surface area contributed by atoms with Crippen molar-refractivity contribution in [2.75, 3.05) is 5.32 Å². The molecule has 1 amide bonds. The first-order chi connectivity index (χ1) is 13.9. The molecule has 0 aliphatic rings. The standard InChI is InChI=1S/C23H24F2N4O/c1-8-14-9-16(24)20(17(25)10-14)27-22(30)15-11-18(12(2)3)26-21-19(15)13(4)28-29(21)23(5,6)7/h1,9-12H,2-7H3,(H,27,30). The molecular formula is C23H24F2N4O. The van der Waals surface area contributed by atoms with Crippen LogP contribution in [0.4, 0.5) is 14.5 Å². The molecule has 0 saturated carbocycles. The summed E-state index contributed by atoms with van der Waals surface area (Å²) in [6.45, 7) is 11.7. The Hall–Kier alpha value is -3.27. The van der Waals surface area contributed by atoms with E-state index in [4.69, 9.17) is 11.4 Å². The Morgan fingerprint density at radius 3 is 2.30 bits per heavy atom. The number of terminal acetylenes is 1. The van der Waals surface area contributed by atoms with Crippen molar-refractivity contribution in [1.29, 1.82) is 0 Å². The van der Waals surface area contributed by atoms with Gasteiger partial charge in [0.15, 0.2) is 17.3 Å². The monoisotopic (exact) mass is 410 g/mol. The Morgan fingerprint density at radius 2 is 1.80 bits per heavy atom. The molecule has 2 aromatic heterocycles. The van der Waals surface area contributed by atoms with Crippen LogP contribution in [0.1, 0.15) is 67.8 Å². The number of fused-ring (bicyclic) bond motifs is 1. The van der Waals surface area contributed by atoms with Gasteiger partial charge in [0.05, 0.1) is 22.2 Å². The van der Waals surface area contributed by atoms with Crippen molar-refractivity contribution in [3.8, 4) is 12.3 Å². The number of aromatic nitrogens is 3. The summed E-state index contributed by atoms with van der Waals surface area (Å²) in [6, 6.07) is 3.65. The summed E-state index contributed by atoms with van der Waals surface area (Å²) in [5.74, 6) is -0.308. The van der Waals surface area contributed by atoms with Crippen molar-refractivity contribution < 1.29 is 13.6 Å². The number of benzene rings is 1. The van der Waals surface area contributed by atoms with Gasteiger partial charge in [-0.3, -0.25) is 4.79 Å². The highest BCUT2D eigenvalue weighted by Crippen LogP contribution is 2.30. The van der Waals surface area contributed by atoms with E-state index in [-0.39, 0.29) is 22.6 Å². The number of hydrogen-bond acceptors (Lipinski definition) is 3. The third-order valence-electron chi connectivity index (χ3n) is 4.75. The topological polar surface area (TPSA) is 59.8 Å². The van der Waals surface area contributed by atoms with Crippen LogP contribution in [0.5, 0.6) is 0 Å². The van der Waals surface area contributed by atoms with Crippen LogP contribution in [0.3, 0.4) is 0 Å². The number of carbonyl (C=O) groups excluding carboxylic acids is 1. The van der Waals surface area contributed by atoms with Crippen LogP contribution in [0.25, 0.3) is 11.0 Å². The maximum Gasteiger partial charge on any atom is 0.256 e. The number of halogens is 2. The average Bonchev–Trinajstić information content (AvgIpc) is 3.00. The van der Waals surface area contributed by atoms with Gasteiger partial charge in [-0.2, -0.15) is 5.10 Å². The van der Waals surface area contributed by atoms with Gasteiger partial charge in [-0.15, -0.1) is 6.42 Å². The largest absolute Gasteiger partial charge is 0.317 e. The van der Waals surface area contributed by atoms with E-state index in [1.54, 1.807) is 17.7 Å². The molecule has 0 radical (unpaired) electrons. The highest BCUT2D eigenvalue weighted by Gasteiger charge is 2.26. The summed E-state index contributed by atoms with van der Waals surface area (Å²) in [5.41, 5.74) is 1.25. The van der Waals surface area contributed by atoms with Crippen molar-refractivity contribution in [2.45, 2.75) is 53.0 Å². The zero-order valence-corrected chi connectivity index (χ0v) is 17.9. The summed E-state index contributed by atoms with van der Waals surface area (Å²) in [7, 11) is 0. The Labute approximate surface area is 174 Å². The molecule has 5 nitrogen and oxygen atoms in total. The highest BCUT2D eigenvalue weighted by molar-refractivity contribution is 6.12. The van der Waals surface area contributed by atoms with Gasteiger partial charge < -0.3 is 5.32 Å². The second-order valence-electron chi connectivity index (χ2n) is 8.53. The van der Waals surface area contributed by atoms with E-state index in [2.05, 4.69) is 16.3 Å². The van der Waals surface area contributed by atoms with E-state index >= 15 is 0 Å². The predicted octanol–water partition coefficient (Wildman–Crippen LogP) is 5.13. The van der Waals surface area contributed by atoms with Crippen LogP contribution in [0.15, 0.2) is 18.2 Å². The Morgan fingerprint density at radius 1 is 1.20 bits per heavy atom. The first-order valence-corrected chi connectivity index (χ1v) is 9.61. The Balaban J connectivity index is 2.19. The minimum atomic E-state index is -0.937. The molecule has 0 aliphatic heterocycles. The molecular weight excluding hydrogens is 386 g/mol. The van der Waals surface area contributed by atoms with Crippen molar-refractivity contribution in [2.24, 2.45) is 0 Å². The predicted molar refractivity (Wildman–Crippen MR) is 114 cm³/mol. The van der Waals surface area contributed by atoms with E-state index in [1.165, 1.54) is 0 Å². The molecule has 0 fully saturated rings. The molecule has 0 aliphatic carbocycles. The molecule has 0 unspecified atom stereocenters. The third-order valence-corrected chi connectivity index (χ3v) is 4.75. The van der Waals surface area contributed by atoms with Crippen LogP contribution in [0, 0.1) is 30.9 Å². The molecule has 0 atom stereocenters. The molecule has 0 saturated heterocycles. The molecule has 30 heavy (non-hydrogen) atoms. The van der Waals surface area contributed by atoms with E-state index in [1.807, 2.05) is 34.6 Å². The number of carbonyl (C=O) groups is 1. The molecule has 2 heterocycles. The van der Waals surface area contributed by atoms with Crippen LogP contribution in [0.2, 0.25) is 0 Å². The van der Waals surface area contributed by atoms with Crippen molar-refractivity contribution in [3.63, 3.8) is 0 Å². The lowest BCUT2D eigenvalue weighted by atomic mass is 10.0. The maximum atomic E-state index is 14.4. The summed E-state index contributed by atoms with van der Waals surface area (Å²) < 4.78 is 30.5. The van der Waals surface area contributed by atoms with E-state index in [0.717, 1.165) is 12.1 Å². The molecule has 156 valence electrons. The second-order valence-corrected chi connectivity index (χ2v) is 8.53. The van der Waals surface area contributed by atoms with Gasteiger partial charge in [0.1, 0.15) is 5.69 Å². The number of amides is 1. The average molecular weight is 410 g/mol. The quantitative estimate of drug-likeness (QED) is 0.609. The Bertz CT molecular complexity index is 1170. The van der Waals surface area contributed by atoms with E-state index < -0.39 is 23.2 Å². The molecule has 0 spiro atoms. The lowest BCUT2D eigenvalue weighted by Gasteiger charge is -2.20. The zero-order chi connectivity index (χ0) is 22.4. The van der Waals surface area contributed by atoms with Crippen molar-refractivity contribution in [1.82, 2.24) is 14.8 Å². The zero-order valence-electron chi connectivity index (χ0n) is 17.9. The SMILES string of the molecule is C#Cc1cc(F)c(NC(=O)c2cc(C(C)C)nc3c2c(C)nn3C(C)(C)C)c(F)c1. The highest BCUT2D eigenvalue weighted by atomic mass is 19.1. The molecule has 3 aromatic rings. The number of nitrogens with one attached hydrogen (secondary N) is 1. The second kappa shape index (κ2) is 7.52. The number of rotatable bonds is 3. The van der Waals surface area contributed by atoms with E-state index in [9.17, 15) is 13.6 Å². The van der Waals surface area contributed by atoms with Gasteiger partial charge in [0.2, 0.25) is 0 Å². The Kier molecular flexibility index (Phi) is 5.38. The number of aryl methyl sites for hydroxylation is 1. The molecule has 3 rings (SSSR count). The third kappa shape index (κ3) is 3.78. The summed E-state index contributed by atoms with van der Waals surface area (Å²) >= 11 is 0. The van der Waals surface area contributed by atoms with Crippen molar-refractivity contribution >= 4 is 22.6 Å². The van der Waals surface area contributed by atoms with Crippen LogP contribution < -0.4 is 5.32 Å². The minimum absolute atomic E-state index is 0.0351. The molecule has 1 aromatic carbocycles. The van der Waals surface area contributed by atoms with E-state index in [0.29, 0.717) is 22.4 Å². The van der Waals surface area contributed by atoms with Gasteiger partial charge in [0, 0.05) is 11.3 Å². The fraction of sp³-hybridized carbons (Fsp3) is 0.348. The number of pyridine rings is 1. The van der Waals surface area contributed by atoms with Crippen LogP contribution in [-0.4, -0.2) is 20.7 Å². The molecule has 1 N–H and O–H groups in total. The van der Waals surface area contributed by atoms with Crippen LogP contribution >= 0.6 is 0 Å². The minimum Gasteiger partial charge on any atom is -0.317 e. The normalized spacial score (nSPS) is 11.7. The van der Waals surface area contributed by atoms with Gasteiger partial charge >= 0.3 is 0 Å². The van der Waals surface area contributed by atoms with Gasteiger partial charge in [0.25, 0.3) is 5.91 Å². The smallest absolute Gasteiger partial charge is 0.256 e. The summed E-state index contributed by atoms with van der Waals surface area (Å²) in [4.78, 5) is 17.8. The lowest BCUT2D eigenvalue weighted by molar-refractivity contribution is 0.102. The van der Waals surface area contributed by atoms with Gasteiger partial charge in [-0.1, -0.05) is 19.8 Å². The number of nitrogens with zero attached hydrogens (tertiary/aromatic N) is 3. The summed E-state index contributed by atoms with van der Waals surface area (Å²) in [5, 5.41) is 7.48. The number of hydrogen-bond donors (Lipinski definition) is 1. The maximum absolute atomic E-state index is 14.4. The van der Waals surface area contributed by atoms with Gasteiger partial charge in [-0.25, -0.2) is 18.4 Å². The fourth-order valence-corrected chi connectivity index (χ4v) is 3.21. The fourth-order valence-electron chi connectivity index (χ4n) is 3.21. The first-order valence-electron chi connectivity index (χ1n) is 9.61. The summed E-state index contributed by atoms with van der Waals surface area (Å²) in [6.07, 6.45) is 5.20. The van der Waals surface area contributed by atoms with Crippen molar-refractivity contribution in [3.05, 3.63) is 52.3 Å². The number of anilines is 1. The lowest BCUT2D eigenvalue weighted by Crippen LogP contribution is -2.24. The van der Waals surface area contributed by atoms with Crippen LogP contribution in [-0.2, 0) is 5.54 Å². The van der Waals surface area contributed by atoms with Gasteiger partial charge in [-0.05, 0) is 51.8 Å².